The molecule has 0 aliphatic carbocycles. The average Bonchev–Trinajstić information content (AvgIpc) is 3.06. The largest absolute Gasteiger partial charge is 0.462 e. The molecule has 0 unspecified atom stereocenters. The summed E-state index contributed by atoms with van der Waals surface area (Å²) in [4.78, 5) is 15.7. The Labute approximate surface area is 170 Å². The minimum absolute atomic E-state index is 0.318. The average molecular weight is 403 g/mol. The Bertz CT molecular complexity index is 794. The van der Waals surface area contributed by atoms with Crippen molar-refractivity contribution in [2.45, 2.75) is 27.2 Å². The molecule has 0 saturated carbocycles. The minimum atomic E-state index is -0.318. The van der Waals surface area contributed by atoms with Gasteiger partial charge in [0.25, 0.3) is 0 Å². The zero-order valence-corrected chi connectivity index (χ0v) is 17.7. The maximum Gasteiger partial charge on any atom is 0.341 e. The highest BCUT2D eigenvalue weighted by Gasteiger charge is 2.25. The summed E-state index contributed by atoms with van der Waals surface area (Å²) in [6.07, 6.45) is 1.23. The monoisotopic (exact) mass is 402 g/mol. The second kappa shape index (κ2) is 8.85. The summed E-state index contributed by atoms with van der Waals surface area (Å²) in [5, 5.41) is 4.76. The number of thiocarbonyl (C=S) groups is 1. The number of benzene rings is 1. The molecule has 0 amide bonds. The van der Waals surface area contributed by atoms with E-state index in [1.165, 1.54) is 17.8 Å². The first kappa shape index (κ1) is 19.8. The molecule has 144 valence electrons. The zero-order chi connectivity index (χ0) is 19.4. The number of hydrogen-bond donors (Lipinski definition) is 1. The third-order valence-corrected chi connectivity index (χ3v) is 6.12. The molecule has 1 saturated heterocycles. The summed E-state index contributed by atoms with van der Waals surface area (Å²) in [6, 6.07) is 11.9. The highest BCUT2D eigenvalue weighted by Crippen LogP contribution is 2.36. The van der Waals surface area contributed by atoms with Crippen LogP contribution in [0.1, 0.15) is 37.6 Å². The number of rotatable bonds is 4. The zero-order valence-electron chi connectivity index (χ0n) is 16.0. The molecule has 2 aromatic rings. The Kier molecular flexibility index (Phi) is 6.50. The van der Waals surface area contributed by atoms with Gasteiger partial charge in [-0.3, -0.25) is 0 Å². The molecule has 0 spiro atoms. The lowest BCUT2D eigenvalue weighted by Crippen LogP contribution is -2.44. The Hall–Kier alpha value is -1.92. The number of anilines is 1. The molecule has 1 N–H and O–H groups in total. The van der Waals surface area contributed by atoms with Crippen molar-refractivity contribution >= 4 is 39.6 Å². The van der Waals surface area contributed by atoms with Gasteiger partial charge in [0, 0.05) is 18.0 Å². The first-order chi connectivity index (χ1) is 13.0. The molecule has 3 rings (SSSR count). The van der Waals surface area contributed by atoms with Crippen molar-refractivity contribution in [3.05, 3.63) is 42.0 Å². The highest BCUT2D eigenvalue weighted by atomic mass is 32.1. The second-order valence-electron chi connectivity index (χ2n) is 7.22. The van der Waals surface area contributed by atoms with Crippen LogP contribution in [0.25, 0.3) is 10.4 Å². The number of ether oxygens (including phenoxy) is 1. The van der Waals surface area contributed by atoms with Gasteiger partial charge in [-0.1, -0.05) is 44.2 Å². The van der Waals surface area contributed by atoms with Gasteiger partial charge >= 0.3 is 5.97 Å². The van der Waals surface area contributed by atoms with Crippen molar-refractivity contribution in [1.82, 2.24) is 4.90 Å². The molecule has 1 aromatic carbocycles. The number of piperidine rings is 1. The molecule has 1 aliphatic rings. The van der Waals surface area contributed by atoms with Crippen molar-refractivity contribution in [2.75, 3.05) is 25.0 Å². The van der Waals surface area contributed by atoms with E-state index in [1.54, 1.807) is 0 Å². The fraction of sp³-hybridized carbons (Fsp3) is 0.429. The molecule has 1 fully saturated rings. The number of likely N-dealkylation sites (tertiary alicyclic amines) is 1. The van der Waals surface area contributed by atoms with Gasteiger partial charge in [-0.15, -0.1) is 11.3 Å². The van der Waals surface area contributed by atoms with Crippen molar-refractivity contribution < 1.29 is 9.53 Å². The minimum Gasteiger partial charge on any atom is -0.462 e. The molecule has 4 nitrogen and oxygen atoms in total. The third-order valence-electron chi connectivity index (χ3n) is 4.66. The van der Waals surface area contributed by atoms with Crippen LogP contribution in [0.3, 0.4) is 0 Å². The summed E-state index contributed by atoms with van der Waals surface area (Å²) >= 11 is 7.20. The van der Waals surface area contributed by atoms with E-state index in [9.17, 15) is 4.79 Å². The maximum atomic E-state index is 12.5. The quantitative estimate of drug-likeness (QED) is 0.558. The molecule has 0 radical (unpaired) electrons. The van der Waals surface area contributed by atoms with Gasteiger partial charge in [0.15, 0.2) is 5.11 Å². The smallest absolute Gasteiger partial charge is 0.341 e. The second-order valence-corrected chi connectivity index (χ2v) is 8.66. The number of hydrogen-bond acceptors (Lipinski definition) is 4. The highest BCUT2D eigenvalue weighted by molar-refractivity contribution is 7.80. The fourth-order valence-electron chi connectivity index (χ4n) is 3.59. The Morgan fingerprint density at radius 1 is 1.26 bits per heavy atom. The number of nitrogens with zero attached hydrogens (tertiary/aromatic N) is 1. The molecule has 6 heteroatoms. The molecule has 1 aromatic heterocycles. The van der Waals surface area contributed by atoms with Crippen LogP contribution < -0.4 is 5.32 Å². The lowest BCUT2D eigenvalue weighted by atomic mass is 9.92. The molecular formula is C21H26N2O2S2. The number of thiophene rings is 1. The standard InChI is InChI=1S/C21H26N2O2S2/c1-4-25-20(24)17-11-18(16-8-6-5-7-9-16)27-19(17)22-21(26)23-12-14(2)10-15(3)13-23/h5-9,11,14-15H,4,10,12-13H2,1-3H3,(H,22,26)/t14-,15-/m1/s1. The van der Waals surface area contributed by atoms with Crippen molar-refractivity contribution in [3.63, 3.8) is 0 Å². The SMILES string of the molecule is CCOC(=O)c1cc(-c2ccccc2)sc1NC(=S)N1C[C@H](C)C[C@@H](C)C1. The van der Waals surface area contributed by atoms with Crippen LogP contribution in [0.5, 0.6) is 0 Å². The number of carbonyl (C=O) groups is 1. The Morgan fingerprint density at radius 2 is 1.93 bits per heavy atom. The predicted octanol–water partition coefficient (Wildman–Crippen LogP) is 5.27. The molecule has 0 bridgehead atoms. The van der Waals surface area contributed by atoms with E-state index in [4.69, 9.17) is 17.0 Å². The first-order valence-electron chi connectivity index (χ1n) is 9.40. The third kappa shape index (κ3) is 4.87. The van der Waals surface area contributed by atoms with Gasteiger partial charge in [0.2, 0.25) is 0 Å². The van der Waals surface area contributed by atoms with Gasteiger partial charge in [-0.2, -0.15) is 0 Å². The van der Waals surface area contributed by atoms with Crippen molar-refractivity contribution in [1.29, 1.82) is 0 Å². The van der Waals surface area contributed by atoms with Crippen LogP contribution in [-0.2, 0) is 4.74 Å². The van der Waals surface area contributed by atoms with Crippen molar-refractivity contribution in [2.24, 2.45) is 11.8 Å². The number of esters is 1. The van der Waals surface area contributed by atoms with E-state index in [0.717, 1.165) is 28.5 Å². The van der Waals surface area contributed by atoms with E-state index in [0.29, 0.717) is 29.1 Å². The summed E-state index contributed by atoms with van der Waals surface area (Å²) in [5.41, 5.74) is 1.62. The predicted molar refractivity (Wildman–Crippen MR) is 116 cm³/mol. The van der Waals surface area contributed by atoms with E-state index in [2.05, 4.69) is 24.1 Å². The Morgan fingerprint density at radius 3 is 2.56 bits per heavy atom. The molecular weight excluding hydrogens is 376 g/mol. The molecule has 2 atom stereocenters. The van der Waals surface area contributed by atoms with Gasteiger partial charge in [-0.25, -0.2) is 4.79 Å². The number of nitrogens with one attached hydrogen (secondary N) is 1. The summed E-state index contributed by atoms with van der Waals surface area (Å²) in [6.45, 7) is 8.57. The molecule has 2 heterocycles. The Balaban J connectivity index is 1.85. The summed E-state index contributed by atoms with van der Waals surface area (Å²) in [5.74, 6) is 0.907. The van der Waals surface area contributed by atoms with Crippen LogP contribution in [-0.4, -0.2) is 35.7 Å². The lowest BCUT2D eigenvalue weighted by molar-refractivity contribution is 0.0528. The van der Waals surface area contributed by atoms with E-state index in [-0.39, 0.29) is 5.97 Å². The molecule has 1 aliphatic heterocycles. The van der Waals surface area contributed by atoms with Gasteiger partial charge in [0.05, 0.1) is 12.2 Å². The fourth-order valence-corrected chi connectivity index (χ4v) is 4.96. The topological polar surface area (TPSA) is 41.6 Å². The van der Waals surface area contributed by atoms with Gasteiger partial charge in [-0.05, 0) is 49.0 Å². The lowest BCUT2D eigenvalue weighted by Gasteiger charge is -2.36. The van der Waals surface area contributed by atoms with Crippen molar-refractivity contribution in [3.8, 4) is 10.4 Å². The van der Waals surface area contributed by atoms with Crippen LogP contribution in [0.2, 0.25) is 0 Å². The number of carbonyl (C=O) groups excluding carboxylic acids is 1. The maximum absolute atomic E-state index is 12.5. The van der Waals surface area contributed by atoms with Gasteiger partial charge in [0.1, 0.15) is 5.00 Å². The van der Waals surface area contributed by atoms with Gasteiger partial charge < -0.3 is 15.0 Å². The van der Waals surface area contributed by atoms with Crippen LogP contribution in [0.4, 0.5) is 5.00 Å². The van der Waals surface area contributed by atoms with E-state index >= 15 is 0 Å². The van der Waals surface area contributed by atoms with Crippen LogP contribution in [0.15, 0.2) is 36.4 Å². The normalized spacial score (nSPS) is 19.6. The van der Waals surface area contributed by atoms with Crippen LogP contribution >= 0.6 is 23.6 Å². The molecule has 27 heavy (non-hydrogen) atoms. The van der Waals surface area contributed by atoms with E-state index in [1.807, 2.05) is 43.3 Å². The van der Waals surface area contributed by atoms with Crippen LogP contribution in [0, 0.1) is 11.8 Å². The van der Waals surface area contributed by atoms with E-state index < -0.39 is 0 Å². The first-order valence-corrected chi connectivity index (χ1v) is 10.6. The summed E-state index contributed by atoms with van der Waals surface area (Å²) in [7, 11) is 0. The summed E-state index contributed by atoms with van der Waals surface area (Å²) < 4.78 is 5.25.